The predicted molar refractivity (Wildman–Crippen MR) is 67.0 cm³/mol. The molecule has 0 bridgehead atoms. The second-order valence-electron chi connectivity index (χ2n) is 3.42. The van der Waals surface area contributed by atoms with E-state index in [0.29, 0.717) is 5.69 Å². The molecule has 3 N–H and O–H groups in total. The van der Waals surface area contributed by atoms with Crippen molar-refractivity contribution < 1.29 is 5.21 Å². The minimum Gasteiger partial charge on any atom is -0.409 e. The molecule has 0 atom stereocenters. The number of thioether (sulfide) groups is 1. The first kappa shape index (κ1) is 12.8. The molecule has 0 aliphatic carbocycles. The Bertz CT molecular complexity index is 355. The van der Waals surface area contributed by atoms with Gasteiger partial charge in [-0.1, -0.05) is 24.9 Å². The fourth-order valence-corrected chi connectivity index (χ4v) is 2.17. The van der Waals surface area contributed by atoms with Crippen LogP contribution in [0.2, 0.25) is 0 Å². The molecule has 16 heavy (non-hydrogen) atoms. The summed E-state index contributed by atoms with van der Waals surface area (Å²) in [6.07, 6.45) is 5.37. The summed E-state index contributed by atoms with van der Waals surface area (Å²) < 4.78 is 0. The topological polar surface area (TPSA) is 71.5 Å². The van der Waals surface area contributed by atoms with Gasteiger partial charge in [0, 0.05) is 11.1 Å². The Morgan fingerprint density at radius 3 is 3.06 bits per heavy atom. The largest absolute Gasteiger partial charge is 0.409 e. The fraction of sp³-hybridized carbons (Fsp3) is 0.455. The summed E-state index contributed by atoms with van der Waals surface area (Å²) in [6, 6.07) is 3.77. The average Bonchev–Trinajstić information content (AvgIpc) is 2.34. The van der Waals surface area contributed by atoms with Crippen LogP contribution >= 0.6 is 11.8 Å². The van der Waals surface area contributed by atoms with Crippen molar-refractivity contribution in [3.8, 4) is 0 Å². The highest BCUT2D eigenvalue weighted by molar-refractivity contribution is 7.99. The van der Waals surface area contributed by atoms with E-state index >= 15 is 0 Å². The van der Waals surface area contributed by atoms with Gasteiger partial charge >= 0.3 is 0 Å². The number of amidine groups is 1. The van der Waals surface area contributed by atoms with Crippen LogP contribution in [0.1, 0.15) is 31.9 Å². The van der Waals surface area contributed by atoms with Crippen LogP contribution in [-0.2, 0) is 0 Å². The van der Waals surface area contributed by atoms with E-state index in [9.17, 15) is 0 Å². The summed E-state index contributed by atoms with van der Waals surface area (Å²) in [4.78, 5) is 5.13. The zero-order valence-corrected chi connectivity index (χ0v) is 10.2. The van der Waals surface area contributed by atoms with Gasteiger partial charge in [0.1, 0.15) is 5.69 Å². The van der Waals surface area contributed by atoms with Crippen LogP contribution < -0.4 is 5.73 Å². The maximum atomic E-state index is 8.54. The van der Waals surface area contributed by atoms with E-state index in [0.717, 1.165) is 10.6 Å². The molecule has 0 saturated carbocycles. The Morgan fingerprint density at radius 2 is 2.38 bits per heavy atom. The average molecular weight is 239 g/mol. The van der Waals surface area contributed by atoms with Crippen molar-refractivity contribution in [3.63, 3.8) is 0 Å². The Kier molecular flexibility index (Phi) is 5.71. The van der Waals surface area contributed by atoms with E-state index in [4.69, 9.17) is 10.9 Å². The third-order valence-corrected chi connectivity index (χ3v) is 3.20. The van der Waals surface area contributed by atoms with Crippen LogP contribution in [0.3, 0.4) is 0 Å². The molecule has 0 aromatic carbocycles. The van der Waals surface area contributed by atoms with Gasteiger partial charge in [0.2, 0.25) is 0 Å². The Balaban J connectivity index is 2.54. The molecule has 1 aromatic heterocycles. The lowest BCUT2D eigenvalue weighted by molar-refractivity contribution is 0.318. The normalized spacial score (nSPS) is 11.7. The first-order valence-electron chi connectivity index (χ1n) is 5.34. The monoisotopic (exact) mass is 239 g/mol. The van der Waals surface area contributed by atoms with E-state index < -0.39 is 0 Å². The zero-order valence-electron chi connectivity index (χ0n) is 9.39. The molecule has 0 amide bonds. The van der Waals surface area contributed by atoms with Crippen LogP contribution in [0.5, 0.6) is 0 Å². The third-order valence-electron chi connectivity index (χ3n) is 2.12. The van der Waals surface area contributed by atoms with Crippen molar-refractivity contribution in [3.05, 3.63) is 24.0 Å². The molecule has 1 rings (SSSR count). The van der Waals surface area contributed by atoms with Gasteiger partial charge in [-0.2, -0.15) is 0 Å². The van der Waals surface area contributed by atoms with Gasteiger partial charge in [-0.15, -0.1) is 11.8 Å². The molecule has 0 spiro atoms. The second-order valence-corrected chi connectivity index (χ2v) is 4.59. The van der Waals surface area contributed by atoms with Crippen LogP contribution in [0, 0.1) is 0 Å². The number of pyridine rings is 1. The molecular weight excluding hydrogens is 222 g/mol. The number of nitrogens with zero attached hydrogens (tertiary/aromatic N) is 2. The summed E-state index contributed by atoms with van der Waals surface area (Å²) in [5, 5.41) is 11.5. The molecule has 5 heteroatoms. The quantitative estimate of drug-likeness (QED) is 0.200. The van der Waals surface area contributed by atoms with E-state index in [1.165, 1.54) is 19.3 Å². The molecule has 1 aromatic rings. The Morgan fingerprint density at radius 1 is 1.56 bits per heavy atom. The lowest BCUT2D eigenvalue weighted by Gasteiger charge is -2.03. The molecule has 0 radical (unpaired) electrons. The van der Waals surface area contributed by atoms with Crippen LogP contribution in [0.25, 0.3) is 0 Å². The molecule has 0 aliphatic heterocycles. The van der Waals surface area contributed by atoms with Gasteiger partial charge in [-0.25, -0.2) is 0 Å². The summed E-state index contributed by atoms with van der Waals surface area (Å²) in [5.41, 5.74) is 5.98. The van der Waals surface area contributed by atoms with Crippen molar-refractivity contribution in [1.82, 2.24) is 4.98 Å². The van der Waals surface area contributed by atoms with Crippen molar-refractivity contribution in [2.75, 3.05) is 5.75 Å². The Labute approximate surface area is 99.9 Å². The minimum absolute atomic E-state index is 0.0519. The van der Waals surface area contributed by atoms with Gasteiger partial charge in [0.15, 0.2) is 5.84 Å². The molecule has 0 saturated heterocycles. The number of nitrogens with two attached hydrogens (primary N) is 1. The van der Waals surface area contributed by atoms with Crippen LogP contribution in [0.4, 0.5) is 0 Å². The predicted octanol–water partition coefficient (Wildman–Crippen LogP) is 2.46. The standard InChI is InChI=1S/C11H17N3OS/c1-2-3-4-7-16-9-5-6-13-10(8-9)11(12)14-15/h5-6,8,15H,2-4,7H2,1H3,(H2,12,14). The smallest absolute Gasteiger partial charge is 0.188 e. The molecular formula is C11H17N3OS. The van der Waals surface area contributed by atoms with Crippen LogP contribution in [0.15, 0.2) is 28.4 Å². The number of oxime groups is 1. The number of hydrogen-bond donors (Lipinski definition) is 2. The zero-order chi connectivity index (χ0) is 11.8. The molecule has 1 heterocycles. The van der Waals surface area contributed by atoms with Crippen LogP contribution in [-0.4, -0.2) is 21.8 Å². The fourth-order valence-electron chi connectivity index (χ4n) is 1.23. The maximum absolute atomic E-state index is 8.54. The lowest BCUT2D eigenvalue weighted by Crippen LogP contribution is -2.14. The van der Waals surface area contributed by atoms with Gasteiger partial charge < -0.3 is 10.9 Å². The van der Waals surface area contributed by atoms with E-state index in [1.54, 1.807) is 18.0 Å². The lowest BCUT2D eigenvalue weighted by atomic mass is 10.3. The summed E-state index contributed by atoms with van der Waals surface area (Å²) in [6.45, 7) is 2.19. The number of hydrogen-bond acceptors (Lipinski definition) is 4. The van der Waals surface area contributed by atoms with Crippen molar-refractivity contribution in [2.24, 2.45) is 10.9 Å². The van der Waals surface area contributed by atoms with Gasteiger partial charge in [0.25, 0.3) is 0 Å². The molecule has 0 aliphatic rings. The maximum Gasteiger partial charge on any atom is 0.188 e. The minimum atomic E-state index is 0.0519. The van der Waals surface area contributed by atoms with Crippen molar-refractivity contribution in [2.45, 2.75) is 31.1 Å². The highest BCUT2D eigenvalue weighted by atomic mass is 32.2. The highest BCUT2D eigenvalue weighted by Crippen LogP contribution is 2.19. The molecule has 0 unspecified atom stereocenters. The number of rotatable bonds is 6. The first-order valence-corrected chi connectivity index (χ1v) is 6.33. The summed E-state index contributed by atoms with van der Waals surface area (Å²) in [7, 11) is 0. The molecule has 0 fully saturated rings. The SMILES string of the molecule is CCCCCSc1ccnc(/C(N)=N/O)c1. The molecule has 4 nitrogen and oxygen atoms in total. The highest BCUT2D eigenvalue weighted by Gasteiger charge is 2.02. The van der Waals surface area contributed by atoms with E-state index in [2.05, 4.69) is 17.1 Å². The van der Waals surface area contributed by atoms with E-state index in [-0.39, 0.29) is 5.84 Å². The van der Waals surface area contributed by atoms with Gasteiger partial charge in [-0.05, 0) is 24.3 Å². The summed E-state index contributed by atoms with van der Waals surface area (Å²) in [5.74, 6) is 1.14. The number of aromatic nitrogens is 1. The van der Waals surface area contributed by atoms with Crippen molar-refractivity contribution >= 4 is 17.6 Å². The summed E-state index contributed by atoms with van der Waals surface area (Å²) >= 11 is 1.77. The Hall–Kier alpha value is -1.23. The van der Waals surface area contributed by atoms with Crippen molar-refractivity contribution in [1.29, 1.82) is 0 Å². The number of unbranched alkanes of at least 4 members (excludes halogenated alkanes) is 2. The van der Waals surface area contributed by atoms with E-state index in [1.807, 2.05) is 12.1 Å². The first-order chi connectivity index (χ1) is 7.77. The van der Waals surface area contributed by atoms with Gasteiger partial charge in [0.05, 0.1) is 0 Å². The van der Waals surface area contributed by atoms with Gasteiger partial charge in [-0.3, -0.25) is 4.98 Å². The third kappa shape index (κ3) is 4.10. The molecule has 88 valence electrons. The second kappa shape index (κ2) is 7.11.